The second-order valence-electron chi connectivity index (χ2n) is 8.13. The molecule has 0 bridgehead atoms. The van der Waals surface area contributed by atoms with E-state index in [0.29, 0.717) is 37.5 Å². The molecule has 0 atom stereocenters. The molecular formula is C26H29N5O2. The number of anilines is 1. The maximum absolute atomic E-state index is 12.7. The minimum Gasteiger partial charge on any atom is -0.339 e. The van der Waals surface area contributed by atoms with E-state index in [4.69, 9.17) is 9.62 Å². The first kappa shape index (κ1) is 22.5. The lowest BCUT2D eigenvalue weighted by Gasteiger charge is -2.09. The van der Waals surface area contributed by atoms with Gasteiger partial charge >= 0.3 is 0 Å². The highest BCUT2D eigenvalue weighted by atomic mass is 16.5. The van der Waals surface area contributed by atoms with Crippen LogP contribution < -0.4 is 5.32 Å². The van der Waals surface area contributed by atoms with Crippen molar-refractivity contribution in [2.75, 3.05) is 5.32 Å². The summed E-state index contributed by atoms with van der Waals surface area (Å²) in [6, 6.07) is 20.2. The van der Waals surface area contributed by atoms with Gasteiger partial charge in [0.1, 0.15) is 5.82 Å². The average Bonchev–Trinajstić information content (AvgIpc) is 3.42. The van der Waals surface area contributed by atoms with Crippen LogP contribution in [-0.4, -0.2) is 25.8 Å². The van der Waals surface area contributed by atoms with Crippen molar-refractivity contribution in [1.29, 1.82) is 0 Å². The molecule has 0 radical (unpaired) electrons. The highest BCUT2D eigenvalue weighted by Gasteiger charge is 2.14. The Morgan fingerprint density at radius 1 is 1.06 bits per heavy atom. The normalized spacial score (nSPS) is 11.0. The molecule has 2 heterocycles. The van der Waals surface area contributed by atoms with Crippen molar-refractivity contribution in [1.82, 2.24) is 19.9 Å². The van der Waals surface area contributed by atoms with Gasteiger partial charge in [0.25, 0.3) is 0 Å². The Kier molecular flexibility index (Phi) is 7.29. The predicted molar refractivity (Wildman–Crippen MR) is 128 cm³/mol. The van der Waals surface area contributed by atoms with Gasteiger partial charge in [-0.25, -0.2) is 4.68 Å². The molecule has 2 aromatic heterocycles. The second kappa shape index (κ2) is 10.7. The molecule has 33 heavy (non-hydrogen) atoms. The number of aromatic nitrogens is 4. The second-order valence-corrected chi connectivity index (χ2v) is 8.13. The summed E-state index contributed by atoms with van der Waals surface area (Å²) in [5.41, 5.74) is 4.15. The van der Waals surface area contributed by atoms with Crippen LogP contribution >= 0.6 is 0 Å². The first-order valence-electron chi connectivity index (χ1n) is 11.4. The quantitative estimate of drug-likeness (QED) is 0.364. The van der Waals surface area contributed by atoms with Crippen LogP contribution in [0.4, 0.5) is 5.82 Å². The molecule has 0 aliphatic heterocycles. The van der Waals surface area contributed by atoms with Crippen LogP contribution in [0.15, 0.2) is 65.2 Å². The number of carbonyl (C=O) groups is 1. The van der Waals surface area contributed by atoms with Crippen molar-refractivity contribution in [3.8, 4) is 11.3 Å². The molecule has 0 unspecified atom stereocenters. The summed E-state index contributed by atoms with van der Waals surface area (Å²) < 4.78 is 7.11. The summed E-state index contributed by atoms with van der Waals surface area (Å²) in [5.74, 6) is 1.94. The molecular weight excluding hydrogens is 414 g/mol. The van der Waals surface area contributed by atoms with Crippen LogP contribution in [0.3, 0.4) is 0 Å². The molecule has 1 amide bonds. The van der Waals surface area contributed by atoms with Crippen molar-refractivity contribution in [2.24, 2.45) is 0 Å². The van der Waals surface area contributed by atoms with Crippen molar-refractivity contribution < 1.29 is 9.32 Å². The first-order chi connectivity index (χ1) is 16.1. The maximum Gasteiger partial charge on any atom is 0.226 e. The van der Waals surface area contributed by atoms with Crippen LogP contribution in [0.2, 0.25) is 0 Å². The van der Waals surface area contributed by atoms with Crippen molar-refractivity contribution in [2.45, 2.75) is 52.5 Å². The van der Waals surface area contributed by atoms with Crippen LogP contribution in [0.1, 0.15) is 49.0 Å². The Hall–Kier alpha value is -3.74. The molecule has 7 nitrogen and oxygen atoms in total. The Morgan fingerprint density at radius 3 is 2.64 bits per heavy atom. The van der Waals surface area contributed by atoms with Gasteiger partial charge in [0.15, 0.2) is 5.82 Å². The zero-order valence-corrected chi connectivity index (χ0v) is 19.1. The van der Waals surface area contributed by atoms with E-state index in [0.717, 1.165) is 41.1 Å². The van der Waals surface area contributed by atoms with Gasteiger partial charge in [0.2, 0.25) is 11.8 Å². The van der Waals surface area contributed by atoms with Gasteiger partial charge in [0.05, 0.1) is 12.2 Å². The Balaban J connectivity index is 1.45. The number of aryl methyl sites for hydroxylation is 3. The molecule has 0 aliphatic carbocycles. The fraction of sp³-hybridized carbons (Fsp3) is 0.308. The van der Waals surface area contributed by atoms with E-state index in [1.807, 2.05) is 47.1 Å². The zero-order valence-electron chi connectivity index (χ0n) is 19.1. The number of benzene rings is 2. The molecule has 7 heteroatoms. The van der Waals surface area contributed by atoms with Gasteiger partial charge < -0.3 is 9.84 Å². The van der Waals surface area contributed by atoms with E-state index in [9.17, 15) is 4.79 Å². The minimum atomic E-state index is -0.0613. The lowest BCUT2D eigenvalue weighted by molar-refractivity contribution is -0.116. The largest absolute Gasteiger partial charge is 0.339 e. The molecule has 0 saturated carbocycles. The summed E-state index contributed by atoms with van der Waals surface area (Å²) >= 11 is 0. The first-order valence-corrected chi connectivity index (χ1v) is 11.4. The average molecular weight is 444 g/mol. The molecule has 0 fully saturated rings. The van der Waals surface area contributed by atoms with E-state index in [2.05, 4.69) is 47.5 Å². The third kappa shape index (κ3) is 5.94. The summed E-state index contributed by atoms with van der Waals surface area (Å²) in [7, 11) is 0. The molecule has 4 aromatic rings. The molecule has 0 saturated heterocycles. The highest BCUT2D eigenvalue weighted by molar-refractivity contribution is 5.90. The lowest BCUT2D eigenvalue weighted by atomic mass is 10.1. The number of rotatable bonds is 10. The molecule has 0 spiro atoms. The third-order valence-electron chi connectivity index (χ3n) is 5.42. The minimum absolute atomic E-state index is 0.0613. The van der Waals surface area contributed by atoms with Gasteiger partial charge in [-0.2, -0.15) is 10.1 Å². The summed E-state index contributed by atoms with van der Waals surface area (Å²) in [5, 5.41) is 11.8. The Labute approximate surface area is 193 Å². The predicted octanol–water partition coefficient (Wildman–Crippen LogP) is 5.20. The van der Waals surface area contributed by atoms with Crippen LogP contribution in [0, 0.1) is 6.92 Å². The van der Waals surface area contributed by atoms with Gasteiger partial charge in [-0.15, -0.1) is 0 Å². The Morgan fingerprint density at radius 2 is 1.85 bits per heavy atom. The van der Waals surface area contributed by atoms with Crippen molar-refractivity contribution in [3.63, 3.8) is 0 Å². The number of hydrogen-bond donors (Lipinski definition) is 1. The molecule has 2 aromatic carbocycles. The number of carbonyl (C=O) groups excluding carboxylic acids is 1. The van der Waals surface area contributed by atoms with E-state index >= 15 is 0 Å². The molecule has 4 rings (SSSR count). The molecule has 170 valence electrons. The number of nitrogens with one attached hydrogen (secondary N) is 1. The summed E-state index contributed by atoms with van der Waals surface area (Å²) in [4.78, 5) is 17.1. The highest BCUT2D eigenvalue weighted by Crippen LogP contribution is 2.26. The van der Waals surface area contributed by atoms with E-state index < -0.39 is 0 Å². The molecule has 1 N–H and O–H groups in total. The van der Waals surface area contributed by atoms with Gasteiger partial charge in [-0.3, -0.25) is 4.79 Å². The van der Waals surface area contributed by atoms with Gasteiger partial charge in [-0.1, -0.05) is 66.7 Å². The van der Waals surface area contributed by atoms with E-state index in [1.165, 1.54) is 0 Å². The van der Waals surface area contributed by atoms with Crippen LogP contribution in [0.5, 0.6) is 0 Å². The number of nitrogens with zero attached hydrogens (tertiary/aromatic N) is 4. The fourth-order valence-electron chi connectivity index (χ4n) is 3.71. The van der Waals surface area contributed by atoms with Crippen LogP contribution in [-0.2, 0) is 24.2 Å². The number of hydrogen-bond acceptors (Lipinski definition) is 5. The summed E-state index contributed by atoms with van der Waals surface area (Å²) in [6.07, 6.45) is 3.36. The zero-order chi connectivity index (χ0) is 23.0. The van der Waals surface area contributed by atoms with Crippen molar-refractivity contribution >= 4 is 11.7 Å². The fourth-order valence-corrected chi connectivity index (χ4v) is 3.71. The maximum atomic E-state index is 12.7. The molecule has 0 aliphatic rings. The van der Waals surface area contributed by atoms with Crippen molar-refractivity contribution in [3.05, 3.63) is 83.5 Å². The third-order valence-corrected chi connectivity index (χ3v) is 5.42. The van der Waals surface area contributed by atoms with E-state index in [-0.39, 0.29) is 5.91 Å². The topological polar surface area (TPSA) is 85.8 Å². The standard InChI is InChI=1S/C26H29N5O2/c1-3-10-23-27-26(33-30-23)16-9-15-25(32)28-24-17-22(21-14-8-7-11-19(21)2)29-31(24)18-20-12-5-4-6-13-20/h4-8,11-14,17H,3,9-10,15-16,18H2,1-2H3,(H,28,32). The van der Waals surface area contributed by atoms with Crippen LogP contribution in [0.25, 0.3) is 11.3 Å². The number of amides is 1. The SMILES string of the molecule is CCCc1noc(CCCC(=O)Nc2cc(-c3ccccc3C)nn2Cc2ccccc2)n1. The summed E-state index contributed by atoms with van der Waals surface area (Å²) in [6.45, 7) is 4.71. The Bertz CT molecular complexity index is 1200. The monoisotopic (exact) mass is 443 g/mol. The lowest BCUT2D eigenvalue weighted by Crippen LogP contribution is -2.16. The van der Waals surface area contributed by atoms with Gasteiger partial charge in [-0.05, 0) is 30.9 Å². The van der Waals surface area contributed by atoms with Gasteiger partial charge in [0, 0.05) is 30.9 Å². The smallest absolute Gasteiger partial charge is 0.226 e. The van der Waals surface area contributed by atoms with E-state index in [1.54, 1.807) is 0 Å².